The Morgan fingerprint density at radius 3 is 2.46 bits per heavy atom. The zero-order chi connectivity index (χ0) is 27.6. The second kappa shape index (κ2) is 14.5. The molecule has 0 aromatic carbocycles. The van der Waals surface area contributed by atoms with Gasteiger partial charge in [-0.05, 0) is 80.1 Å². The highest BCUT2D eigenvalue weighted by atomic mass is 16.5. The lowest BCUT2D eigenvalue weighted by molar-refractivity contribution is -0.134. The van der Waals surface area contributed by atoms with Crippen LogP contribution in [0.4, 0.5) is 5.95 Å². The predicted molar refractivity (Wildman–Crippen MR) is 156 cm³/mol. The number of piperidine rings is 1. The third-order valence-corrected chi connectivity index (χ3v) is 8.36. The van der Waals surface area contributed by atoms with Crippen LogP contribution in [-0.2, 0) is 16.0 Å². The number of allylic oxidation sites excluding steroid dienone is 6. The van der Waals surface area contributed by atoms with Gasteiger partial charge in [-0.2, -0.15) is 0 Å². The standard InChI is InChI=1S/C32H46N4O3/c1-4-6-28(29-9-11-30(12-10-29)31(38)36-18-15-27(21-36)22-37)8-7-24(3)39-23-26-13-16-35(17-14-26)32-33-19-25(5-2)20-34-32/h6-9,19-20,26-27,30,37H,3-5,10-18,21-23H2,1-2H3. The highest BCUT2D eigenvalue weighted by molar-refractivity contribution is 5.79. The van der Waals surface area contributed by atoms with Crippen molar-refractivity contribution >= 4 is 11.9 Å². The monoisotopic (exact) mass is 534 g/mol. The van der Waals surface area contributed by atoms with Gasteiger partial charge in [0.2, 0.25) is 11.9 Å². The van der Waals surface area contributed by atoms with Gasteiger partial charge in [0.1, 0.15) is 5.76 Å². The van der Waals surface area contributed by atoms with E-state index in [1.165, 1.54) is 16.7 Å². The number of hydrogen-bond acceptors (Lipinski definition) is 6. The van der Waals surface area contributed by atoms with Gasteiger partial charge in [-0.1, -0.05) is 38.7 Å². The fourth-order valence-electron chi connectivity index (χ4n) is 5.74. The van der Waals surface area contributed by atoms with Crippen molar-refractivity contribution in [3.63, 3.8) is 0 Å². The fraction of sp³-hybridized carbons (Fsp3) is 0.594. The van der Waals surface area contributed by atoms with E-state index in [0.29, 0.717) is 24.8 Å². The zero-order valence-electron chi connectivity index (χ0n) is 23.9. The minimum Gasteiger partial charge on any atom is -0.494 e. The number of aliphatic hydroxyl groups excluding tert-OH is 1. The molecule has 1 N–H and O–H groups in total. The van der Waals surface area contributed by atoms with Gasteiger partial charge < -0.3 is 19.6 Å². The van der Waals surface area contributed by atoms with Gasteiger partial charge in [0.15, 0.2) is 0 Å². The number of aliphatic hydroxyl groups is 1. The molecule has 0 spiro atoms. The van der Waals surface area contributed by atoms with E-state index in [4.69, 9.17) is 4.74 Å². The Labute approximate surface area is 234 Å². The lowest BCUT2D eigenvalue weighted by Crippen LogP contribution is -2.36. The number of aryl methyl sites for hydroxylation is 1. The summed E-state index contributed by atoms with van der Waals surface area (Å²) >= 11 is 0. The summed E-state index contributed by atoms with van der Waals surface area (Å²) in [4.78, 5) is 26.2. The summed E-state index contributed by atoms with van der Waals surface area (Å²) in [7, 11) is 0. The quantitative estimate of drug-likeness (QED) is 0.309. The maximum atomic E-state index is 12.9. The molecule has 3 heterocycles. The van der Waals surface area contributed by atoms with Gasteiger partial charge in [-0.3, -0.25) is 4.79 Å². The van der Waals surface area contributed by atoms with Gasteiger partial charge in [0, 0.05) is 57.0 Å². The van der Waals surface area contributed by atoms with Crippen molar-refractivity contribution in [3.8, 4) is 0 Å². The van der Waals surface area contributed by atoms with Crippen LogP contribution < -0.4 is 4.90 Å². The van der Waals surface area contributed by atoms with Crippen molar-refractivity contribution in [2.75, 3.05) is 44.3 Å². The molecule has 212 valence electrons. The molecular weight excluding hydrogens is 488 g/mol. The predicted octanol–water partition coefficient (Wildman–Crippen LogP) is 5.25. The first-order valence-corrected chi connectivity index (χ1v) is 14.9. The first-order chi connectivity index (χ1) is 19.0. The van der Waals surface area contributed by atoms with Crippen LogP contribution in [0.5, 0.6) is 0 Å². The highest BCUT2D eigenvalue weighted by Gasteiger charge is 2.31. The maximum absolute atomic E-state index is 12.9. The van der Waals surface area contributed by atoms with Crippen molar-refractivity contribution in [2.45, 2.75) is 65.2 Å². The molecule has 4 rings (SSSR count). The number of amides is 1. The molecule has 2 atom stereocenters. The van der Waals surface area contributed by atoms with Crippen molar-refractivity contribution in [2.24, 2.45) is 17.8 Å². The average molecular weight is 535 g/mol. The number of carbonyl (C=O) groups excluding carboxylic acids is 1. The number of carbonyl (C=O) groups is 1. The molecule has 1 aromatic rings. The van der Waals surface area contributed by atoms with Crippen LogP contribution in [0.2, 0.25) is 0 Å². The number of aromatic nitrogens is 2. The number of likely N-dealkylation sites (tertiary alicyclic amines) is 1. The smallest absolute Gasteiger partial charge is 0.226 e. The Morgan fingerprint density at radius 1 is 1.10 bits per heavy atom. The molecular formula is C32H46N4O3. The minimum atomic E-state index is 0.0602. The van der Waals surface area contributed by atoms with Gasteiger partial charge in [0.25, 0.3) is 0 Å². The van der Waals surface area contributed by atoms with Crippen molar-refractivity contribution < 1.29 is 14.6 Å². The van der Waals surface area contributed by atoms with Gasteiger partial charge >= 0.3 is 0 Å². The van der Waals surface area contributed by atoms with Gasteiger partial charge in [0.05, 0.1) is 6.61 Å². The molecule has 1 aliphatic carbocycles. The van der Waals surface area contributed by atoms with Gasteiger partial charge in [-0.25, -0.2) is 9.97 Å². The molecule has 1 amide bonds. The van der Waals surface area contributed by atoms with E-state index in [9.17, 15) is 9.90 Å². The Balaban J connectivity index is 1.21. The maximum Gasteiger partial charge on any atom is 0.226 e. The van der Waals surface area contributed by atoms with E-state index in [0.717, 1.165) is 76.9 Å². The lowest BCUT2D eigenvalue weighted by Gasteiger charge is -2.31. The van der Waals surface area contributed by atoms with Crippen LogP contribution in [0.3, 0.4) is 0 Å². The fourth-order valence-corrected chi connectivity index (χ4v) is 5.74. The molecule has 2 unspecified atom stereocenters. The summed E-state index contributed by atoms with van der Waals surface area (Å²) in [5, 5.41) is 9.39. The second-order valence-electron chi connectivity index (χ2n) is 11.2. The Morgan fingerprint density at radius 2 is 1.85 bits per heavy atom. The van der Waals surface area contributed by atoms with Gasteiger partial charge in [-0.15, -0.1) is 0 Å². The summed E-state index contributed by atoms with van der Waals surface area (Å²) in [6.45, 7) is 12.6. The van der Waals surface area contributed by atoms with Crippen molar-refractivity contribution in [1.29, 1.82) is 0 Å². The van der Waals surface area contributed by atoms with E-state index >= 15 is 0 Å². The molecule has 2 aliphatic heterocycles. The SMILES string of the molecule is C=C(C=CC(=CCC)C1=CCC(C(=O)N2CCC(CO)C2)CC1)OCC1CCN(c2ncc(CC)cn2)CC1. The third-order valence-electron chi connectivity index (χ3n) is 8.36. The van der Waals surface area contributed by atoms with Crippen LogP contribution >= 0.6 is 0 Å². The normalized spacial score (nSPS) is 22.8. The highest BCUT2D eigenvalue weighted by Crippen LogP contribution is 2.31. The van der Waals surface area contributed by atoms with Crippen molar-refractivity contribution in [3.05, 3.63) is 65.7 Å². The molecule has 3 aliphatic rings. The van der Waals surface area contributed by atoms with E-state index in [1.807, 2.05) is 23.4 Å². The number of anilines is 1. The van der Waals surface area contributed by atoms with E-state index in [2.05, 4.69) is 53.5 Å². The first-order valence-electron chi connectivity index (χ1n) is 14.9. The summed E-state index contributed by atoms with van der Waals surface area (Å²) in [5.41, 5.74) is 3.68. The number of hydrogen-bond donors (Lipinski definition) is 1. The van der Waals surface area contributed by atoms with Crippen LogP contribution in [0.15, 0.2) is 60.2 Å². The largest absolute Gasteiger partial charge is 0.494 e. The summed E-state index contributed by atoms with van der Waals surface area (Å²) in [6, 6.07) is 0. The molecule has 7 nitrogen and oxygen atoms in total. The van der Waals surface area contributed by atoms with Crippen LogP contribution in [0, 0.1) is 17.8 Å². The average Bonchev–Trinajstić information content (AvgIpc) is 3.48. The number of ether oxygens (including phenoxy) is 1. The van der Waals surface area contributed by atoms with E-state index in [1.54, 1.807) is 0 Å². The molecule has 2 saturated heterocycles. The molecule has 2 fully saturated rings. The Kier molecular flexibility index (Phi) is 10.8. The summed E-state index contributed by atoms with van der Waals surface area (Å²) in [6.07, 6.45) is 20.0. The Bertz CT molecular complexity index is 1050. The molecule has 39 heavy (non-hydrogen) atoms. The van der Waals surface area contributed by atoms with Crippen LogP contribution in [-0.4, -0.2) is 65.3 Å². The minimum absolute atomic E-state index is 0.0602. The van der Waals surface area contributed by atoms with Crippen molar-refractivity contribution in [1.82, 2.24) is 14.9 Å². The number of rotatable bonds is 11. The number of nitrogens with zero attached hydrogens (tertiary/aromatic N) is 4. The second-order valence-corrected chi connectivity index (χ2v) is 11.2. The molecule has 0 saturated carbocycles. The molecule has 0 radical (unpaired) electrons. The molecule has 7 heteroatoms. The van der Waals surface area contributed by atoms with E-state index in [-0.39, 0.29) is 24.3 Å². The van der Waals surface area contributed by atoms with E-state index < -0.39 is 0 Å². The summed E-state index contributed by atoms with van der Waals surface area (Å²) in [5.74, 6) is 2.58. The lowest BCUT2D eigenvalue weighted by atomic mass is 9.85. The third kappa shape index (κ3) is 8.04. The first kappa shape index (κ1) is 29.1. The topological polar surface area (TPSA) is 78.8 Å². The molecule has 0 bridgehead atoms. The molecule has 1 aromatic heterocycles. The zero-order valence-corrected chi connectivity index (χ0v) is 23.9. The van der Waals surface area contributed by atoms with Crippen LogP contribution in [0.1, 0.15) is 64.4 Å². The van der Waals surface area contributed by atoms with Crippen LogP contribution in [0.25, 0.3) is 0 Å². The Hall–Kier alpha value is -2.93. The summed E-state index contributed by atoms with van der Waals surface area (Å²) < 4.78 is 6.05.